The first kappa shape index (κ1) is 21.4. The number of hydrogen-bond acceptors (Lipinski definition) is 6. The Morgan fingerprint density at radius 2 is 1.77 bits per heavy atom. The maximum absolute atomic E-state index is 12.9. The van der Waals surface area contributed by atoms with Gasteiger partial charge >= 0.3 is 0 Å². The van der Waals surface area contributed by atoms with Gasteiger partial charge in [0, 0.05) is 6.54 Å². The largest absolute Gasteiger partial charge is 0.508 e. The van der Waals surface area contributed by atoms with Crippen LogP contribution in [0.2, 0.25) is 0 Å². The maximum atomic E-state index is 12.9. The van der Waals surface area contributed by atoms with Crippen LogP contribution in [0, 0.1) is 0 Å². The highest BCUT2D eigenvalue weighted by Crippen LogP contribution is 2.41. The number of aliphatic hydroxyl groups excluding tert-OH is 1. The van der Waals surface area contributed by atoms with Gasteiger partial charge in [0.1, 0.15) is 17.3 Å². The zero-order valence-corrected chi connectivity index (χ0v) is 17.2. The highest BCUT2D eigenvalue weighted by molar-refractivity contribution is 6.46. The van der Waals surface area contributed by atoms with Gasteiger partial charge in [0.15, 0.2) is 0 Å². The van der Waals surface area contributed by atoms with Crippen LogP contribution >= 0.6 is 0 Å². The van der Waals surface area contributed by atoms with Crippen molar-refractivity contribution >= 4 is 17.4 Å². The Bertz CT molecular complexity index is 964. The van der Waals surface area contributed by atoms with Gasteiger partial charge in [-0.25, -0.2) is 0 Å². The summed E-state index contributed by atoms with van der Waals surface area (Å²) < 4.78 is 10.9. The van der Waals surface area contributed by atoms with E-state index >= 15 is 0 Å². The van der Waals surface area contributed by atoms with Crippen LogP contribution in [-0.4, -0.2) is 53.2 Å². The molecule has 0 aliphatic carbocycles. The van der Waals surface area contributed by atoms with E-state index in [4.69, 9.17) is 9.47 Å². The quantitative estimate of drug-likeness (QED) is 0.413. The molecule has 1 fully saturated rings. The fraction of sp³-hybridized carbons (Fsp3) is 0.304. The van der Waals surface area contributed by atoms with Gasteiger partial charge in [-0.2, -0.15) is 0 Å². The van der Waals surface area contributed by atoms with Crippen LogP contribution in [0.15, 0.2) is 54.1 Å². The first-order valence-electron chi connectivity index (χ1n) is 9.67. The van der Waals surface area contributed by atoms with Crippen molar-refractivity contribution in [3.63, 3.8) is 0 Å². The summed E-state index contributed by atoms with van der Waals surface area (Å²) in [7, 11) is 1.46. The number of benzene rings is 2. The number of phenols is 1. The lowest BCUT2D eigenvalue weighted by Crippen LogP contribution is -2.33. The number of amides is 1. The van der Waals surface area contributed by atoms with E-state index in [0.717, 1.165) is 0 Å². The summed E-state index contributed by atoms with van der Waals surface area (Å²) in [5, 5.41) is 20.7. The van der Waals surface area contributed by atoms with Crippen molar-refractivity contribution in [1.82, 2.24) is 4.90 Å². The molecule has 0 spiro atoms. The molecule has 30 heavy (non-hydrogen) atoms. The second-order valence-electron chi connectivity index (χ2n) is 7.20. The number of ether oxygens (including phenoxy) is 2. The smallest absolute Gasteiger partial charge is 0.295 e. The Hall–Kier alpha value is -3.32. The molecule has 3 rings (SSSR count). The second-order valence-corrected chi connectivity index (χ2v) is 7.20. The number of carbonyl (C=O) groups excluding carboxylic acids is 2. The van der Waals surface area contributed by atoms with Crippen molar-refractivity contribution in [2.75, 3.05) is 20.3 Å². The number of carbonyl (C=O) groups is 2. The molecule has 2 aromatic rings. The molecule has 1 unspecified atom stereocenters. The molecular weight excluding hydrogens is 386 g/mol. The van der Waals surface area contributed by atoms with Crippen LogP contribution < -0.4 is 4.74 Å². The summed E-state index contributed by atoms with van der Waals surface area (Å²) >= 11 is 0. The highest BCUT2D eigenvalue weighted by Gasteiger charge is 2.46. The minimum atomic E-state index is -0.814. The van der Waals surface area contributed by atoms with E-state index in [1.165, 1.54) is 24.1 Å². The molecule has 0 saturated carbocycles. The topological polar surface area (TPSA) is 96.3 Å². The first-order valence-corrected chi connectivity index (χ1v) is 9.67. The van der Waals surface area contributed by atoms with E-state index in [9.17, 15) is 19.8 Å². The lowest BCUT2D eigenvalue weighted by molar-refractivity contribution is -0.140. The van der Waals surface area contributed by atoms with Crippen LogP contribution in [0.25, 0.3) is 5.76 Å². The van der Waals surface area contributed by atoms with E-state index < -0.39 is 17.7 Å². The van der Waals surface area contributed by atoms with Gasteiger partial charge in [0.05, 0.1) is 37.0 Å². The zero-order valence-electron chi connectivity index (χ0n) is 17.2. The van der Waals surface area contributed by atoms with Gasteiger partial charge in [-0.3, -0.25) is 9.59 Å². The highest BCUT2D eigenvalue weighted by atomic mass is 16.5. The molecule has 1 aliphatic rings. The van der Waals surface area contributed by atoms with Crippen molar-refractivity contribution in [2.24, 2.45) is 0 Å². The van der Waals surface area contributed by atoms with Crippen molar-refractivity contribution in [2.45, 2.75) is 26.0 Å². The number of rotatable bonds is 7. The average Bonchev–Trinajstić information content (AvgIpc) is 2.98. The van der Waals surface area contributed by atoms with Gasteiger partial charge in [-0.05, 0) is 43.7 Å². The Labute approximate surface area is 175 Å². The first-order chi connectivity index (χ1) is 14.3. The lowest BCUT2D eigenvalue weighted by Gasteiger charge is -2.25. The van der Waals surface area contributed by atoms with E-state index in [-0.39, 0.29) is 36.3 Å². The second kappa shape index (κ2) is 9.00. The molecule has 1 amide bonds. The normalized spacial score (nSPS) is 18.3. The van der Waals surface area contributed by atoms with Crippen molar-refractivity contribution in [1.29, 1.82) is 0 Å². The lowest BCUT2D eigenvalue weighted by atomic mass is 9.95. The van der Waals surface area contributed by atoms with Crippen molar-refractivity contribution in [3.8, 4) is 11.5 Å². The van der Waals surface area contributed by atoms with Crippen LogP contribution in [0.4, 0.5) is 0 Å². The zero-order chi connectivity index (χ0) is 21.8. The van der Waals surface area contributed by atoms with Crippen LogP contribution in [-0.2, 0) is 14.3 Å². The summed E-state index contributed by atoms with van der Waals surface area (Å²) in [6, 6.07) is 12.1. The van der Waals surface area contributed by atoms with E-state index in [2.05, 4.69) is 0 Å². The van der Waals surface area contributed by atoms with Gasteiger partial charge in [-0.15, -0.1) is 0 Å². The molecular formula is C23H25NO6. The number of ketones is 1. The molecule has 7 nitrogen and oxygen atoms in total. The van der Waals surface area contributed by atoms with Crippen LogP contribution in [0.5, 0.6) is 11.5 Å². The van der Waals surface area contributed by atoms with Crippen LogP contribution in [0.1, 0.15) is 31.0 Å². The molecule has 0 radical (unpaired) electrons. The standard InChI is InChI=1S/C23H25NO6/c1-14(2)30-13-12-24-20(15-8-10-16(25)11-9-15)19(22(27)23(24)28)21(26)17-6-4-5-7-18(17)29-3/h4-11,14,20,25-26H,12-13H2,1-3H3/b21-19-. The van der Waals surface area contributed by atoms with Gasteiger partial charge < -0.3 is 24.6 Å². The summed E-state index contributed by atoms with van der Waals surface area (Å²) in [5.74, 6) is -1.36. The summed E-state index contributed by atoms with van der Waals surface area (Å²) in [5.41, 5.74) is 0.882. The molecule has 1 heterocycles. The third-order valence-corrected chi connectivity index (χ3v) is 4.89. The number of nitrogens with zero attached hydrogens (tertiary/aromatic N) is 1. The van der Waals surface area contributed by atoms with Crippen molar-refractivity contribution < 1.29 is 29.3 Å². The molecule has 1 aliphatic heterocycles. The Morgan fingerprint density at radius 3 is 2.40 bits per heavy atom. The monoisotopic (exact) mass is 411 g/mol. The molecule has 7 heteroatoms. The summed E-state index contributed by atoms with van der Waals surface area (Å²) in [4.78, 5) is 27.2. The maximum Gasteiger partial charge on any atom is 0.295 e. The van der Waals surface area contributed by atoms with Crippen LogP contribution in [0.3, 0.4) is 0 Å². The number of aromatic hydroxyl groups is 1. The minimum absolute atomic E-state index is 0.0254. The number of aliphatic hydroxyl groups is 1. The molecule has 2 aromatic carbocycles. The van der Waals surface area contributed by atoms with E-state index in [1.54, 1.807) is 36.4 Å². The predicted molar refractivity (Wildman–Crippen MR) is 111 cm³/mol. The fourth-order valence-electron chi connectivity index (χ4n) is 3.49. The minimum Gasteiger partial charge on any atom is -0.508 e. The third kappa shape index (κ3) is 4.16. The molecule has 0 bridgehead atoms. The molecule has 158 valence electrons. The summed E-state index contributed by atoms with van der Waals surface area (Å²) in [6.07, 6.45) is -0.0254. The van der Waals surface area contributed by atoms with Crippen molar-refractivity contribution in [3.05, 3.63) is 65.2 Å². The molecule has 0 aromatic heterocycles. The number of para-hydroxylation sites is 1. The fourth-order valence-corrected chi connectivity index (χ4v) is 3.49. The Morgan fingerprint density at radius 1 is 1.10 bits per heavy atom. The van der Waals surface area contributed by atoms with Gasteiger partial charge in [0.2, 0.25) is 0 Å². The average molecular weight is 411 g/mol. The Balaban J connectivity index is 2.12. The van der Waals surface area contributed by atoms with E-state index in [1.807, 2.05) is 13.8 Å². The van der Waals surface area contributed by atoms with Gasteiger partial charge in [-0.1, -0.05) is 24.3 Å². The number of likely N-dealkylation sites (tertiary alicyclic amines) is 1. The number of phenolic OH excluding ortho intramolecular Hbond substituents is 1. The third-order valence-electron chi connectivity index (χ3n) is 4.89. The van der Waals surface area contributed by atoms with E-state index in [0.29, 0.717) is 16.9 Å². The number of Topliss-reactive ketones (excluding diaryl/α,β-unsaturated/α-hetero) is 1. The molecule has 1 atom stereocenters. The predicted octanol–water partition coefficient (Wildman–Crippen LogP) is 3.25. The molecule has 1 saturated heterocycles. The Kier molecular flexibility index (Phi) is 6.42. The summed E-state index contributed by atoms with van der Waals surface area (Å²) in [6.45, 7) is 4.19. The van der Waals surface area contributed by atoms with Gasteiger partial charge in [0.25, 0.3) is 11.7 Å². The number of hydrogen-bond donors (Lipinski definition) is 2. The molecule has 2 N–H and O–H groups in total. The number of methoxy groups -OCH3 is 1. The SMILES string of the molecule is COc1ccccc1/C(O)=C1/C(=O)C(=O)N(CCOC(C)C)C1c1ccc(O)cc1.